The first-order valence-corrected chi connectivity index (χ1v) is 10.1. The maximum absolute atomic E-state index is 11.8. The van der Waals surface area contributed by atoms with E-state index in [9.17, 15) is 4.79 Å². The van der Waals surface area contributed by atoms with Gasteiger partial charge in [0.1, 0.15) is 17.2 Å². The van der Waals surface area contributed by atoms with Crippen LogP contribution in [0.5, 0.6) is 17.2 Å². The molecule has 0 aromatic heterocycles. The minimum absolute atomic E-state index is 0. The summed E-state index contributed by atoms with van der Waals surface area (Å²) < 4.78 is 16.3. The summed E-state index contributed by atoms with van der Waals surface area (Å²) in [4.78, 5) is 16.0. The van der Waals surface area contributed by atoms with Crippen molar-refractivity contribution in [1.82, 2.24) is 16.0 Å². The lowest BCUT2D eigenvalue weighted by Crippen LogP contribution is -2.39. The van der Waals surface area contributed by atoms with E-state index in [1.54, 1.807) is 41.5 Å². The van der Waals surface area contributed by atoms with Crippen molar-refractivity contribution in [1.29, 1.82) is 0 Å². The molecule has 3 N–H and O–H groups in total. The molecule has 9 heteroatoms. The molecule has 0 aliphatic rings. The van der Waals surface area contributed by atoms with Gasteiger partial charge < -0.3 is 30.2 Å². The maximum atomic E-state index is 11.8. The molecule has 0 spiro atoms. The molecule has 0 aliphatic carbocycles. The van der Waals surface area contributed by atoms with Gasteiger partial charge in [0.25, 0.3) is 5.91 Å². The van der Waals surface area contributed by atoms with Crippen molar-refractivity contribution >= 4 is 35.8 Å². The van der Waals surface area contributed by atoms with Gasteiger partial charge in [0, 0.05) is 50.4 Å². The maximum Gasteiger partial charge on any atom is 0.251 e. The van der Waals surface area contributed by atoms with E-state index in [2.05, 4.69) is 20.9 Å². The summed E-state index contributed by atoms with van der Waals surface area (Å²) in [7, 11) is 8.23. The number of nitrogens with one attached hydrogen (secondary N) is 3. The Morgan fingerprint density at radius 1 is 0.938 bits per heavy atom. The Hall–Kier alpha value is -2.69. The average Bonchev–Trinajstić information content (AvgIpc) is 2.82. The number of guanidine groups is 1. The molecular weight excluding hydrogens is 523 g/mol. The topological polar surface area (TPSA) is 93.2 Å². The van der Waals surface area contributed by atoms with Gasteiger partial charge >= 0.3 is 0 Å². The average molecular weight is 556 g/mol. The van der Waals surface area contributed by atoms with Crippen LogP contribution >= 0.6 is 24.0 Å². The normalized spacial score (nSPS) is 10.6. The smallest absolute Gasteiger partial charge is 0.251 e. The van der Waals surface area contributed by atoms with Crippen LogP contribution in [0, 0.1) is 0 Å². The highest BCUT2D eigenvalue weighted by molar-refractivity contribution is 14.0. The fraction of sp³-hybridized carbons (Fsp3) is 0.391. The Bertz CT molecular complexity index is 880. The molecule has 1 amide bonds. The van der Waals surface area contributed by atoms with Crippen molar-refractivity contribution in [3.63, 3.8) is 0 Å². The van der Waals surface area contributed by atoms with Crippen molar-refractivity contribution in [2.24, 2.45) is 4.99 Å². The summed E-state index contributed by atoms with van der Waals surface area (Å²) >= 11 is 0. The standard InChI is InChI=1S/C23H32N4O4.HI/c1-24-22(28)17-8-6-7-16(13-17)9-11-26-23(25-2)27-12-10-19-20(30-4)14-18(29-3)15-21(19)31-5;/h6-8,13-15H,9-12H2,1-5H3,(H,24,28)(H2,25,26,27);1H. The largest absolute Gasteiger partial charge is 0.496 e. The van der Waals surface area contributed by atoms with Gasteiger partial charge in [-0.25, -0.2) is 0 Å². The first kappa shape index (κ1) is 27.3. The fourth-order valence-corrected chi connectivity index (χ4v) is 3.19. The molecule has 8 nitrogen and oxygen atoms in total. The van der Waals surface area contributed by atoms with Crippen LogP contribution in [0.15, 0.2) is 41.4 Å². The van der Waals surface area contributed by atoms with Crippen molar-refractivity contribution in [2.45, 2.75) is 12.8 Å². The summed E-state index contributed by atoms with van der Waals surface area (Å²) in [5.41, 5.74) is 2.70. The van der Waals surface area contributed by atoms with Crippen molar-refractivity contribution in [3.05, 3.63) is 53.1 Å². The Balaban J connectivity index is 0.00000512. The molecule has 0 bridgehead atoms. The molecular formula is C23H33IN4O4. The number of methoxy groups -OCH3 is 3. The van der Waals surface area contributed by atoms with Crippen LogP contribution in [0.3, 0.4) is 0 Å². The van der Waals surface area contributed by atoms with E-state index in [4.69, 9.17) is 14.2 Å². The minimum Gasteiger partial charge on any atom is -0.496 e. The highest BCUT2D eigenvalue weighted by Crippen LogP contribution is 2.34. The molecule has 176 valence electrons. The number of carbonyl (C=O) groups is 1. The predicted molar refractivity (Wildman–Crippen MR) is 138 cm³/mol. The van der Waals surface area contributed by atoms with Gasteiger partial charge in [-0.05, 0) is 30.5 Å². The fourth-order valence-electron chi connectivity index (χ4n) is 3.19. The van der Waals surface area contributed by atoms with Crippen LogP contribution in [0.2, 0.25) is 0 Å². The summed E-state index contributed by atoms with van der Waals surface area (Å²) in [6, 6.07) is 11.3. The number of benzene rings is 2. The van der Waals surface area contributed by atoms with Crippen LogP contribution in [-0.2, 0) is 12.8 Å². The molecule has 2 aromatic carbocycles. The van der Waals surface area contributed by atoms with Crippen molar-refractivity contribution < 1.29 is 19.0 Å². The number of amides is 1. The van der Waals surface area contributed by atoms with Gasteiger partial charge in [0.05, 0.1) is 21.3 Å². The Morgan fingerprint density at radius 2 is 1.56 bits per heavy atom. The van der Waals surface area contributed by atoms with E-state index >= 15 is 0 Å². The summed E-state index contributed by atoms with van der Waals surface area (Å²) in [6.45, 7) is 1.33. The van der Waals surface area contributed by atoms with Crippen molar-refractivity contribution in [3.8, 4) is 17.2 Å². The monoisotopic (exact) mass is 556 g/mol. The molecule has 0 saturated carbocycles. The number of rotatable bonds is 10. The molecule has 2 aromatic rings. The first-order valence-electron chi connectivity index (χ1n) is 10.1. The molecule has 0 heterocycles. The SMILES string of the molecule is CN=C(NCCc1cccc(C(=O)NC)c1)NCCc1c(OC)cc(OC)cc1OC.I. The van der Waals surface area contributed by atoms with Gasteiger partial charge in [-0.1, -0.05) is 12.1 Å². The molecule has 0 aliphatic heterocycles. The summed E-state index contributed by atoms with van der Waals surface area (Å²) in [5.74, 6) is 2.74. The third kappa shape index (κ3) is 7.77. The van der Waals surface area contributed by atoms with Gasteiger partial charge in [0.2, 0.25) is 0 Å². The van der Waals surface area contributed by atoms with Crippen LogP contribution in [0.25, 0.3) is 0 Å². The van der Waals surface area contributed by atoms with Gasteiger partial charge in [-0.15, -0.1) is 24.0 Å². The first-order chi connectivity index (χ1) is 15.1. The zero-order valence-corrected chi connectivity index (χ0v) is 21.6. The molecule has 0 atom stereocenters. The Morgan fingerprint density at radius 3 is 2.09 bits per heavy atom. The number of aliphatic imine (C=N–C) groups is 1. The van der Waals surface area contributed by atoms with Crippen LogP contribution in [0.1, 0.15) is 21.5 Å². The van der Waals surface area contributed by atoms with Gasteiger partial charge in [-0.3, -0.25) is 9.79 Å². The minimum atomic E-state index is -0.0864. The zero-order valence-electron chi connectivity index (χ0n) is 19.3. The van der Waals surface area contributed by atoms with E-state index in [-0.39, 0.29) is 29.9 Å². The summed E-state index contributed by atoms with van der Waals surface area (Å²) in [5, 5.41) is 9.25. The molecule has 0 radical (unpaired) electrons. The lowest BCUT2D eigenvalue weighted by Gasteiger charge is -2.16. The predicted octanol–water partition coefficient (Wildman–Crippen LogP) is 2.64. The zero-order chi connectivity index (χ0) is 22.6. The van der Waals surface area contributed by atoms with Crippen LogP contribution in [0.4, 0.5) is 0 Å². The summed E-state index contributed by atoms with van der Waals surface area (Å²) in [6.07, 6.45) is 1.46. The molecule has 32 heavy (non-hydrogen) atoms. The van der Waals surface area contributed by atoms with Gasteiger partial charge in [0.15, 0.2) is 5.96 Å². The Kier molecular flexibility index (Phi) is 12.3. The highest BCUT2D eigenvalue weighted by atomic mass is 127. The van der Waals surface area contributed by atoms with Crippen LogP contribution < -0.4 is 30.2 Å². The number of hydrogen-bond donors (Lipinski definition) is 3. The second-order valence-electron chi connectivity index (χ2n) is 6.72. The third-order valence-corrected chi connectivity index (χ3v) is 4.83. The number of nitrogens with zero attached hydrogens (tertiary/aromatic N) is 1. The van der Waals surface area contributed by atoms with Crippen molar-refractivity contribution in [2.75, 3.05) is 48.5 Å². The van der Waals surface area contributed by atoms with E-state index < -0.39 is 0 Å². The number of hydrogen-bond acceptors (Lipinski definition) is 5. The van der Waals surface area contributed by atoms with Gasteiger partial charge in [-0.2, -0.15) is 0 Å². The molecule has 0 unspecified atom stereocenters. The van der Waals surface area contributed by atoms with E-state index in [1.165, 1.54) is 0 Å². The van der Waals surface area contributed by atoms with E-state index in [0.717, 1.165) is 29.0 Å². The molecule has 0 saturated heterocycles. The third-order valence-electron chi connectivity index (χ3n) is 4.83. The highest BCUT2D eigenvalue weighted by Gasteiger charge is 2.13. The van der Waals surface area contributed by atoms with Crippen LogP contribution in [-0.4, -0.2) is 60.4 Å². The molecule has 2 rings (SSSR count). The molecule has 0 fully saturated rings. The number of halogens is 1. The number of ether oxygens (including phenoxy) is 3. The number of carbonyl (C=O) groups excluding carboxylic acids is 1. The van der Waals surface area contributed by atoms with E-state index in [1.807, 2.05) is 30.3 Å². The lowest BCUT2D eigenvalue weighted by molar-refractivity contribution is 0.0963. The second-order valence-corrected chi connectivity index (χ2v) is 6.72. The quantitative estimate of drug-likeness (QED) is 0.237. The van der Waals surface area contributed by atoms with E-state index in [0.29, 0.717) is 36.8 Å². The lowest BCUT2D eigenvalue weighted by atomic mass is 10.1. The second kappa shape index (κ2) is 14.4. The Labute approximate surface area is 207 Å².